The van der Waals surface area contributed by atoms with E-state index in [1.54, 1.807) is 18.9 Å². The zero-order valence-electron chi connectivity index (χ0n) is 16.6. The second-order valence-corrected chi connectivity index (χ2v) is 8.60. The maximum atomic E-state index is 12.6. The summed E-state index contributed by atoms with van der Waals surface area (Å²) >= 11 is 1.66. The second-order valence-electron chi connectivity index (χ2n) is 7.49. The van der Waals surface area contributed by atoms with Crippen molar-refractivity contribution in [1.29, 1.82) is 0 Å². The molecular formula is C22H25N3O3S. The summed E-state index contributed by atoms with van der Waals surface area (Å²) in [5, 5.41) is 3.77. The van der Waals surface area contributed by atoms with Crippen molar-refractivity contribution < 1.29 is 14.3 Å². The molecule has 4 rings (SSSR count). The third-order valence-corrected chi connectivity index (χ3v) is 6.73. The minimum atomic E-state index is -0.249. The number of nitrogens with one attached hydrogen (secondary N) is 1. The van der Waals surface area contributed by atoms with Crippen LogP contribution in [0.15, 0.2) is 44.7 Å². The first kappa shape index (κ1) is 19.9. The molecular weight excluding hydrogens is 386 g/mol. The van der Waals surface area contributed by atoms with Crippen LogP contribution in [0, 0.1) is 5.92 Å². The van der Waals surface area contributed by atoms with E-state index in [-0.39, 0.29) is 24.2 Å². The number of hydrogen-bond donors (Lipinski definition) is 1. The molecule has 3 aliphatic rings. The summed E-state index contributed by atoms with van der Waals surface area (Å²) in [4.78, 5) is 35.0. The number of carbonyl (C=O) groups is 2. The van der Waals surface area contributed by atoms with Gasteiger partial charge in [-0.15, -0.1) is 0 Å². The molecule has 1 unspecified atom stereocenters. The number of aliphatic imine (C=N–C) groups is 2. The summed E-state index contributed by atoms with van der Waals surface area (Å²) in [6, 6.07) is 7.57. The molecule has 2 amide bonds. The van der Waals surface area contributed by atoms with Gasteiger partial charge < -0.3 is 10.1 Å². The molecule has 29 heavy (non-hydrogen) atoms. The Kier molecular flexibility index (Phi) is 6.13. The maximum absolute atomic E-state index is 12.6. The van der Waals surface area contributed by atoms with E-state index in [2.05, 4.69) is 15.3 Å². The number of fused-ring (bicyclic) bond motifs is 2. The predicted octanol–water partition coefficient (Wildman–Crippen LogP) is 4.01. The van der Waals surface area contributed by atoms with Crippen LogP contribution in [0.2, 0.25) is 0 Å². The lowest BCUT2D eigenvalue weighted by molar-refractivity contribution is -0.121. The van der Waals surface area contributed by atoms with E-state index in [1.165, 1.54) is 23.3 Å². The molecule has 1 atom stereocenters. The van der Waals surface area contributed by atoms with E-state index >= 15 is 0 Å². The number of amidine groups is 1. The lowest BCUT2D eigenvalue weighted by Gasteiger charge is -2.16. The molecule has 0 spiro atoms. The highest BCUT2D eigenvalue weighted by Crippen LogP contribution is 2.46. The van der Waals surface area contributed by atoms with Crippen LogP contribution in [0.5, 0.6) is 5.75 Å². The van der Waals surface area contributed by atoms with Crippen LogP contribution in [0.3, 0.4) is 0 Å². The summed E-state index contributed by atoms with van der Waals surface area (Å²) in [5.74, 6) is 0.829. The van der Waals surface area contributed by atoms with Crippen molar-refractivity contribution in [2.45, 2.75) is 51.5 Å². The summed E-state index contributed by atoms with van der Waals surface area (Å²) < 4.78 is 5.13. The number of amides is 2. The Labute approximate surface area is 174 Å². The lowest BCUT2D eigenvalue weighted by atomic mass is 9.94. The van der Waals surface area contributed by atoms with Crippen LogP contribution in [-0.2, 0) is 16.1 Å². The Morgan fingerprint density at radius 2 is 1.97 bits per heavy atom. The summed E-state index contributed by atoms with van der Waals surface area (Å²) in [6.07, 6.45) is 6.22. The maximum Gasteiger partial charge on any atom is 0.261 e. The Morgan fingerprint density at radius 1 is 1.17 bits per heavy atom. The van der Waals surface area contributed by atoms with Crippen LogP contribution in [0.25, 0.3) is 0 Å². The number of rotatable bonds is 6. The number of nitrogens with zero attached hydrogens (tertiary/aromatic N) is 2. The van der Waals surface area contributed by atoms with Gasteiger partial charge in [0.1, 0.15) is 17.5 Å². The van der Waals surface area contributed by atoms with Gasteiger partial charge in [0.2, 0.25) is 5.91 Å². The van der Waals surface area contributed by atoms with E-state index in [1.807, 2.05) is 24.3 Å². The van der Waals surface area contributed by atoms with E-state index in [4.69, 9.17) is 4.74 Å². The molecule has 1 aromatic carbocycles. The Balaban J connectivity index is 1.30. The molecule has 0 saturated heterocycles. The molecule has 1 N–H and O–H groups in total. The van der Waals surface area contributed by atoms with Crippen molar-refractivity contribution in [3.63, 3.8) is 0 Å². The highest BCUT2D eigenvalue weighted by atomic mass is 32.2. The Hall–Kier alpha value is -2.41. The first-order chi connectivity index (χ1) is 14.1. The van der Waals surface area contributed by atoms with Crippen molar-refractivity contribution in [1.82, 2.24) is 5.32 Å². The zero-order valence-corrected chi connectivity index (χ0v) is 17.4. The van der Waals surface area contributed by atoms with Gasteiger partial charge in [-0.3, -0.25) is 9.59 Å². The Bertz CT molecular complexity index is 902. The summed E-state index contributed by atoms with van der Waals surface area (Å²) in [5.41, 5.74) is 2.25. The van der Waals surface area contributed by atoms with Crippen molar-refractivity contribution >= 4 is 34.5 Å². The van der Waals surface area contributed by atoms with Gasteiger partial charge in [0.25, 0.3) is 5.91 Å². The third-order valence-electron chi connectivity index (χ3n) is 5.48. The van der Waals surface area contributed by atoms with Gasteiger partial charge in [-0.05, 0) is 53.9 Å². The minimum Gasteiger partial charge on any atom is -0.497 e. The second kappa shape index (κ2) is 8.95. The molecule has 0 saturated carbocycles. The largest absolute Gasteiger partial charge is 0.497 e. The number of hydrogen-bond acceptors (Lipinski definition) is 5. The van der Waals surface area contributed by atoms with Crippen LogP contribution in [0.1, 0.15) is 50.5 Å². The molecule has 0 bridgehead atoms. The molecule has 2 heterocycles. The standard InChI is InChI=1S/C22H25N3O3S/c1-28-15-9-7-14(8-10-15)13-23-19(26)12-11-18-24-21(27)20-16-5-3-2-4-6-17(16)29-22(20)25-18/h7-10,20H,2-6,11-13H2,1H3,(H,23,26). The fraction of sp³-hybridized carbons (Fsp3) is 0.455. The smallest absolute Gasteiger partial charge is 0.261 e. The Morgan fingerprint density at radius 3 is 2.76 bits per heavy atom. The van der Waals surface area contributed by atoms with Crippen LogP contribution in [0.4, 0.5) is 0 Å². The number of thioether (sulfide) groups is 1. The van der Waals surface area contributed by atoms with Crippen LogP contribution < -0.4 is 10.1 Å². The molecule has 0 radical (unpaired) electrons. The highest BCUT2D eigenvalue weighted by Gasteiger charge is 2.39. The normalized spacial score (nSPS) is 21.0. The van der Waals surface area contributed by atoms with Gasteiger partial charge in [0.05, 0.1) is 12.2 Å². The van der Waals surface area contributed by atoms with E-state index in [9.17, 15) is 9.59 Å². The molecule has 1 aromatic rings. The molecule has 0 aromatic heterocycles. The van der Waals surface area contributed by atoms with Crippen molar-refractivity contribution in [3.05, 3.63) is 40.3 Å². The van der Waals surface area contributed by atoms with E-state index in [0.29, 0.717) is 18.8 Å². The predicted molar refractivity (Wildman–Crippen MR) is 115 cm³/mol. The average Bonchev–Trinajstić information content (AvgIpc) is 2.93. The fourth-order valence-corrected chi connectivity index (χ4v) is 5.25. The van der Waals surface area contributed by atoms with Crippen LogP contribution >= 0.6 is 11.8 Å². The first-order valence-electron chi connectivity index (χ1n) is 10.1. The summed E-state index contributed by atoms with van der Waals surface area (Å²) in [7, 11) is 1.62. The van der Waals surface area contributed by atoms with Gasteiger partial charge in [-0.1, -0.05) is 30.3 Å². The average molecular weight is 412 g/mol. The van der Waals surface area contributed by atoms with Crippen molar-refractivity contribution in [2.75, 3.05) is 7.11 Å². The first-order valence-corrected chi connectivity index (χ1v) is 10.9. The number of methoxy groups -OCH3 is 1. The molecule has 2 aliphatic heterocycles. The molecule has 0 fully saturated rings. The SMILES string of the molecule is COc1ccc(CNC(=O)CCC2=NC(=O)C3C(=N2)SC2=C3CCCCC2)cc1. The zero-order chi connectivity index (χ0) is 20.2. The van der Waals surface area contributed by atoms with Gasteiger partial charge in [0.15, 0.2) is 0 Å². The molecule has 1 aliphatic carbocycles. The molecule has 6 nitrogen and oxygen atoms in total. The van der Waals surface area contributed by atoms with E-state index < -0.39 is 0 Å². The minimum absolute atomic E-state index is 0.0775. The number of allylic oxidation sites excluding steroid dienone is 1. The number of benzene rings is 1. The van der Waals surface area contributed by atoms with Gasteiger partial charge in [0, 0.05) is 19.4 Å². The third kappa shape index (κ3) is 4.61. The number of ether oxygens (including phenoxy) is 1. The van der Waals surface area contributed by atoms with Crippen molar-refractivity contribution in [2.24, 2.45) is 15.9 Å². The lowest BCUT2D eigenvalue weighted by Crippen LogP contribution is -2.27. The number of carbonyl (C=O) groups excluding carboxylic acids is 2. The van der Waals surface area contributed by atoms with Gasteiger partial charge in [-0.2, -0.15) is 4.99 Å². The summed E-state index contributed by atoms with van der Waals surface area (Å²) in [6.45, 7) is 0.456. The monoisotopic (exact) mass is 411 g/mol. The van der Waals surface area contributed by atoms with E-state index in [0.717, 1.165) is 35.6 Å². The topological polar surface area (TPSA) is 80.1 Å². The fourth-order valence-electron chi connectivity index (χ4n) is 3.89. The molecule has 152 valence electrons. The van der Waals surface area contributed by atoms with Crippen LogP contribution in [-0.4, -0.2) is 29.8 Å². The quantitative estimate of drug-likeness (QED) is 0.767. The van der Waals surface area contributed by atoms with Crippen molar-refractivity contribution in [3.8, 4) is 5.75 Å². The van der Waals surface area contributed by atoms with Gasteiger partial charge >= 0.3 is 0 Å². The molecule has 7 heteroatoms. The highest BCUT2D eigenvalue weighted by molar-refractivity contribution is 8.17. The van der Waals surface area contributed by atoms with Gasteiger partial charge in [-0.25, -0.2) is 4.99 Å².